The summed E-state index contributed by atoms with van der Waals surface area (Å²) in [5, 5.41) is 8.86. The van der Waals surface area contributed by atoms with Crippen molar-refractivity contribution in [3.8, 4) is 0 Å². The van der Waals surface area contributed by atoms with Gasteiger partial charge in [-0.15, -0.1) is 0 Å². The third kappa shape index (κ3) is 4.06. The summed E-state index contributed by atoms with van der Waals surface area (Å²) in [7, 11) is 0. The van der Waals surface area contributed by atoms with Gasteiger partial charge in [0.1, 0.15) is 0 Å². The maximum absolute atomic E-state index is 12.3. The van der Waals surface area contributed by atoms with E-state index in [-0.39, 0.29) is 30.2 Å². The van der Waals surface area contributed by atoms with Crippen LogP contribution >= 0.6 is 0 Å². The van der Waals surface area contributed by atoms with Crippen molar-refractivity contribution < 1.29 is 14.7 Å². The highest BCUT2D eigenvalue weighted by atomic mass is 16.4. The van der Waals surface area contributed by atoms with E-state index in [9.17, 15) is 9.59 Å². The summed E-state index contributed by atoms with van der Waals surface area (Å²) in [6.45, 7) is 6.65. The zero-order valence-corrected chi connectivity index (χ0v) is 12.9. The predicted molar refractivity (Wildman–Crippen MR) is 82.5 cm³/mol. The monoisotopic (exact) mass is 289 g/mol. The van der Waals surface area contributed by atoms with E-state index in [1.54, 1.807) is 4.90 Å². The Hall–Kier alpha value is -1.84. The molecular formula is C17H23NO3. The SMILES string of the molecule is CC(C)(C)c1ccc(N(CCC(=O)O)C(=O)C2CC2)cc1. The van der Waals surface area contributed by atoms with E-state index in [4.69, 9.17) is 5.11 Å². The van der Waals surface area contributed by atoms with Gasteiger partial charge in [0.2, 0.25) is 5.91 Å². The van der Waals surface area contributed by atoms with Crippen LogP contribution in [0.25, 0.3) is 0 Å². The van der Waals surface area contributed by atoms with E-state index in [1.807, 2.05) is 24.3 Å². The number of anilines is 1. The lowest BCUT2D eigenvalue weighted by Crippen LogP contribution is -2.34. The maximum Gasteiger partial charge on any atom is 0.305 e. The second kappa shape index (κ2) is 5.88. The number of carbonyl (C=O) groups excluding carboxylic acids is 1. The molecule has 1 aromatic rings. The molecule has 4 heteroatoms. The molecule has 1 N–H and O–H groups in total. The van der Waals surface area contributed by atoms with Gasteiger partial charge in [-0.25, -0.2) is 0 Å². The molecule has 0 heterocycles. The van der Waals surface area contributed by atoms with Gasteiger partial charge < -0.3 is 10.0 Å². The lowest BCUT2D eigenvalue weighted by atomic mass is 9.87. The zero-order valence-electron chi connectivity index (χ0n) is 12.9. The molecule has 1 aliphatic rings. The average Bonchev–Trinajstić information content (AvgIpc) is 3.22. The summed E-state index contributed by atoms with van der Waals surface area (Å²) in [4.78, 5) is 24.7. The normalized spacial score (nSPS) is 14.8. The summed E-state index contributed by atoms with van der Waals surface area (Å²) in [5.41, 5.74) is 2.05. The molecular weight excluding hydrogens is 266 g/mol. The van der Waals surface area contributed by atoms with Gasteiger partial charge in [0, 0.05) is 18.2 Å². The van der Waals surface area contributed by atoms with Crippen molar-refractivity contribution >= 4 is 17.6 Å². The fourth-order valence-corrected chi connectivity index (χ4v) is 2.27. The predicted octanol–water partition coefficient (Wildman–Crippen LogP) is 3.20. The minimum atomic E-state index is -0.880. The third-order valence-electron chi connectivity index (χ3n) is 3.79. The Morgan fingerprint density at radius 2 is 1.76 bits per heavy atom. The summed E-state index contributed by atoms with van der Waals surface area (Å²) >= 11 is 0. The molecule has 4 nitrogen and oxygen atoms in total. The number of amides is 1. The standard InChI is InChI=1S/C17H23NO3/c1-17(2,3)13-6-8-14(9-7-13)18(11-10-15(19)20)16(21)12-4-5-12/h6-9,12H,4-5,10-11H2,1-3H3,(H,19,20). The van der Waals surface area contributed by atoms with Crippen molar-refractivity contribution in [2.75, 3.05) is 11.4 Å². The highest BCUT2D eigenvalue weighted by Gasteiger charge is 2.34. The largest absolute Gasteiger partial charge is 0.481 e. The van der Waals surface area contributed by atoms with E-state index < -0.39 is 5.97 Å². The Morgan fingerprint density at radius 3 is 2.19 bits per heavy atom. The van der Waals surface area contributed by atoms with Gasteiger partial charge in [-0.1, -0.05) is 32.9 Å². The van der Waals surface area contributed by atoms with Gasteiger partial charge >= 0.3 is 5.97 Å². The Balaban J connectivity index is 2.19. The fraction of sp³-hybridized carbons (Fsp3) is 0.529. The number of carboxylic acid groups (broad SMARTS) is 1. The number of hydrogen-bond acceptors (Lipinski definition) is 2. The van der Waals surface area contributed by atoms with Gasteiger partial charge in [-0.05, 0) is 36.0 Å². The van der Waals surface area contributed by atoms with Crippen LogP contribution in [0.4, 0.5) is 5.69 Å². The number of benzene rings is 1. The van der Waals surface area contributed by atoms with Crippen molar-refractivity contribution in [1.29, 1.82) is 0 Å². The highest BCUT2D eigenvalue weighted by Crippen LogP contribution is 2.33. The van der Waals surface area contributed by atoms with Crippen LogP contribution in [-0.2, 0) is 15.0 Å². The minimum absolute atomic E-state index is 0.0283. The molecule has 1 aromatic carbocycles. The molecule has 0 bridgehead atoms. The molecule has 2 rings (SSSR count). The molecule has 0 aliphatic heterocycles. The van der Waals surface area contributed by atoms with Gasteiger partial charge in [-0.3, -0.25) is 9.59 Å². The lowest BCUT2D eigenvalue weighted by Gasteiger charge is -2.24. The molecule has 1 amide bonds. The first-order valence-electron chi connectivity index (χ1n) is 7.43. The van der Waals surface area contributed by atoms with Crippen LogP contribution in [0.15, 0.2) is 24.3 Å². The van der Waals surface area contributed by atoms with E-state index in [2.05, 4.69) is 20.8 Å². The number of aliphatic carboxylic acids is 1. The fourth-order valence-electron chi connectivity index (χ4n) is 2.27. The quantitative estimate of drug-likeness (QED) is 0.905. The van der Waals surface area contributed by atoms with Gasteiger partial charge in [0.05, 0.1) is 6.42 Å². The molecule has 21 heavy (non-hydrogen) atoms. The van der Waals surface area contributed by atoms with Crippen LogP contribution in [0.5, 0.6) is 0 Å². The van der Waals surface area contributed by atoms with Crippen LogP contribution in [0, 0.1) is 5.92 Å². The summed E-state index contributed by atoms with van der Waals surface area (Å²) in [5.74, 6) is -0.740. The average molecular weight is 289 g/mol. The number of hydrogen-bond donors (Lipinski definition) is 1. The van der Waals surface area contributed by atoms with Crippen molar-refractivity contribution in [1.82, 2.24) is 0 Å². The Morgan fingerprint density at radius 1 is 1.19 bits per heavy atom. The van der Waals surface area contributed by atoms with Crippen molar-refractivity contribution in [2.45, 2.75) is 45.4 Å². The molecule has 0 unspecified atom stereocenters. The summed E-state index contributed by atoms with van der Waals surface area (Å²) < 4.78 is 0. The second-order valence-electron chi connectivity index (χ2n) is 6.70. The van der Waals surface area contributed by atoms with Crippen LogP contribution in [0.2, 0.25) is 0 Å². The van der Waals surface area contributed by atoms with Crippen LogP contribution < -0.4 is 4.90 Å². The first-order chi connectivity index (χ1) is 9.79. The number of nitrogens with zero attached hydrogens (tertiary/aromatic N) is 1. The molecule has 1 aliphatic carbocycles. The molecule has 0 saturated heterocycles. The summed E-state index contributed by atoms with van der Waals surface area (Å²) in [6.07, 6.45) is 1.81. The van der Waals surface area contributed by atoms with E-state index in [1.165, 1.54) is 5.56 Å². The first kappa shape index (κ1) is 15.5. The molecule has 0 radical (unpaired) electrons. The molecule has 0 atom stereocenters. The first-order valence-corrected chi connectivity index (χ1v) is 7.43. The lowest BCUT2D eigenvalue weighted by molar-refractivity contribution is -0.136. The Labute approximate surface area is 125 Å². The van der Waals surface area contributed by atoms with E-state index in [0.29, 0.717) is 0 Å². The van der Waals surface area contributed by atoms with Gasteiger partial charge in [0.25, 0.3) is 0 Å². The molecule has 0 spiro atoms. The number of carboxylic acids is 1. The molecule has 0 aromatic heterocycles. The van der Waals surface area contributed by atoms with Crippen molar-refractivity contribution in [3.05, 3.63) is 29.8 Å². The van der Waals surface area contributed by atoms with E-state index in [0.717, 1.165) is 18.5 Å². The smallest absolute Gasteiger partial charge is 0.305 e. The van der Waals surface area contributed by atoms with Crippen LogP contribution in [0.3, 0.4) is 0 Å². The number of carbonyl (C=O) groups is 2. The van der Waals surface area contributed by atoms with Crippen molar-refractivity contribution in [3.63, 3.8) is 0 Å². The van der Waals surface area contributed by atoms with Gasteiger partial charge in [0.15, 0.2) is 0 Å². The van der Waals surface area contributed by atoms with Crippen LogP contribution in [-0.4, -0.2) is 23.5 Å². The zero-order chi connectivity index (χ0) is 15.6. The Kier molecular flexibility index (Phi) is 4.35. The van der Waals surface area contributed by atoms with Gasteiger partial charge in [-0.2, -0.15) is 0 Å². The van der Waals surface area contributed by atoms with Crippen LogP contribution in [0.1, 0.15) is 45.6 Å². The summed E-state index contributed by atoms with van der Waals surface area (Å²) in [6, 6.07) is 7.87. The minimum Gasteiger partial charge on any atom is -0.481 e. The van der Waals surface area contributed by atoms with E-state index >= 15 is 0 Å². The highest BCUT2D eigenvalue weighted by molar-refractivity contribution is 5.96. The maximum atomic E-state index is 12.3. The second-order valence-corrected chi connectivity index (χ2v) is 6.70. The van der Waals surface area contributed by atoms with Crippen molar-refractivity contribution in [2.24, 2.45) is 5.92 Å². The third-order valence-corrected chi connectivity index (χ3v) is 3.79. The Bertz CT molecular complexity index is 524. The molecule has 1 fully saturated rings. The number of rotatable bonds is 5. The molecule has 1 saturated carbocycles. The topological polar surface area (TPSA) is 57.6 Å². The molecule has 114 valence electrons.